The molecule has 0 radical (unpaired) electrons. The van der Waals surface area contributed by atoms with Crippen LogP contribution in [0.3, 0.4) is 0 Å². The summed E-state index contributed by atoms with van der Waals surface area (Å²) in [5, 5.41) is 5.30. The fourth-order valence-electron chi connectivity index (χ4n) is 2.78. The van der Waals surface area contributed by atoms with Crippen LogP contribution in [-0.4, -0.2) is 23.8 Å². The van der Waals surface area contributed by atoms with Gasteiger partial charge in [-0.1, -0.05) is 51.1 Å². The second-order valence-corrected chi connectivity index (χ2v) is 7.84. The highest BCUT2D eigenvalue weighted by Crippen LogP contribution is 2.22. The lowest BCUT2D eigenvalue weighted by atomic mass is 9.86. The number of benzene rings is 2. The van der Waals surface area contributed by atoms with Crippen LogP contribution < -0.4 is 16.4 Å². The highest BCUT2D eigenvalue weighted by molar-refractivity contribution is 5.99. The average Bonchev–Trinajstić information content (AvgIpc) is 2.60. The van der Waals surface area contributed by atoms with Crippen LogP contribution >= 0.6 is 0 Å². The molecule has 0 fully saturated rings. The normalized spacial score (nSPS) is 12.1. The van der Waals surface area contributed by atoms with Crippen LogP contribution in [0.4, 0.5) is 5.69 Å². The number of anilines is 1. The van der Waals surface area contributed by atoms with E-state index in [4.69, 9.17) is 5.73 Å². The molecule has 2 aromatic rings. The molecular formula is C22H27N3O3. The predicted molar refractivity (Wildman–Crippen MR) is 110 cm³/mol. The van der Waals surface area contributed by atoms with E-state index < -0.39 is 17.9 Å². The maximum absolute atomic E-state index is 12.5. The van der Waals surface area contributed by atoms with Gasteiger partial charge in [-0.2, -0.15) is 0 Å². The Balaban J connectivity index is 2.11. The Morgan fingerprint density at radius 1 is 1.04 bits per heavy atom. The quantitative estimate of drug-likeness (QED) is 0.717. The van der Waals surface area contributed by atoms with Crippen molar-refractivity contribution in [2.75, 3.05) is 5.32 Å². The molecular weight excluding hydrogens is 354 g/mol. The standard InChI is InChI=1S/C22H27N3O3/c1-14(26)24-18-7-5-6-16(13-18)21(28)25-19(20(23)27)12-15-8-10-17(11-9-15)22(2,3)4/h5-11,13,19H,12H2,1-4H3,(H2,23,27)(H,24,26)(H,25,28)/t19-/m0/s1. The predicted octanol–water partition coefficient (Wildman–Crippen LogP) is 2.77. The molecule has 3 amide bonds. The molecule has 6 nitrogen and oxygen atoms in total. The van der Waals surface area contributed by atoms with Crippen LogP contribution in [0.5, 0.6) is 0 Å². The van der Waals surface area contributed by atoms with E-state index in [9.17, 15) is 14.4 Å². The molecule has 4 N–H and O–H groups in total. The lowest BCUT2D eigenvalue weighted by Gasteiger charge is -2.20. The van der Waals surface area contributed by atoms with Crippen molar-refractivity contribution >= 4 is 23.4 Å². The van der Waals surface area contributed by atoms with Gasteiger partial charge in [-0.05, 0) is 34.7 Å². The first kappa shape index (κ1) is 21.2. The van der Waals surface area contributed by atoms with Crippen molar-refractivity contribution in [3.05, 3.63) is 65.2 Å². The summed E-state index contributed by atoms with van der Waals surface area (Å²) in [5.41, 5.74) is 8.47. The summed E-state index contributed by atoms with van der Waals surface area (Å²) in [6.45, 7) is 7.78. The van der Waals surface area contributed by atoms with Crippen molar-refractivity contribution in [3.63, 3.8) is 0 Å². The van der Waals surface area contributed by atoms with Gasteiger partial charge in [0.2, 0.25) is 11.8 Å². The van der Waals surface area contributed by atoms with E-state index in [0.717, 1.165) is 5.56 Å². The monoisotopic (exact) mass is 381 g/mol. The van der Waals surface area contributed by atoms with E-state index in [1.165, 1.54) is 12.5 Å². The van der Waals surface area contributed by atoms with Gasteiger partial charge in [0, 0.05) is 24.6 Å². The topological polar surface area (TPSA) is 101 Å². The molecule has 0 aliphatic carbocycles. The van der Waals surface area contributed by atoms with Gasteiger partial charge >= 0.3 is 0 Å². The summed E-state index contributed by atoms with van der Waals surface area (Å²) >= 11 is 0. The Morgan fingerprint density at radius 3 is 2.21 bits per heavy atom. The molecule has 0 heterocycles. The van der Waals surface area contributed by atoms with E-state index >= 15 is 0 Å². The third kappa shape index (κ3) is 5.94. The highest BCUT2D eigenvalue weighted by atomic mass is 16.2. The molecule has 148 valence electrons. The SMILES string of the molecule is CC(=O)Nc1cccc(C(=O)N[C@@H](Cc2ccc(C(C)(C)C)cc2)C(N)=O)c1. The van der Waals surface area contributed by atoms with Crippen molar-refractivity contribution in [2.24, 2.45) is 5.73 Å². The lowest BCUT2D eigenvalue weighted by molar-refractivity contribution is -0.119. The second-order valence-electron chi connectivity index (χ2n) is 7.84. The van der Waals surface area contributed by atoms with E-state index in [1.807, 2.05) is 24.3 Å². The number of carbonyl (C=O) groups excluding carboxylic acids is 3. The number of hydrogen-bond acceptors (Lipinski definition) is 3. The number of carbonyl (C=O) groups is 3. The summed E-state index contributed by atoms with van der Waals surface area (Å²) in [6, 6.07) is 13.6. The number of hydrogen-bond donors (Lipinski definition) is 3. The second kappa shape index (κ2) is 8.69. The van der Waals surface area contributed by atoms with Crippen LogP contribution in [0.25, 0.3) is 0 Å². The molecule has 0 saturated carbocycles. The maximum Gasteiger partial charge on any atom is 0.252 e. The van der Waals surface area contributed by atoms with Gasteiger partial charge in [0.25, 0.3) is 5.91 Å². The van der Waals surface area contributed by atoms with Gasteiger partial charge in [-0.15, -0.1) is 0 Å². The molecule has 0 aliphatic rings. The molecule has 2 aromatic carbocycles. The van der Waals surface area contributed by atoms with Gasteiger partial charge in [0.05, 0.1) is 0 Å². The molecule has 0 aliphatic heterocycles. The minimum absolute atomic E-state index is 0.0365. The van der Waals surface area contributed by atoms with Crippen molar-refractivity contribution in [1.82, 2.24) is 5.32 Å². The zero-order chi connectivity index (χ0) is 20.9. The minimum Gasteiger partial charge on any atom is -0.368 e. The fraction of sp³-hybridized carbons (Fsp3) is 0.318. The summed E-state index contributed by atoms with van der Waals surface area (Å²) in [7, 11) is 0. The highest BCUT2D eigenvalue weighted by Gasteiger charge is 2.20. The third-order valence-electron chi connectivity index (χ3n) is 4.35. The molecule has 0 unspecified atom stereocenters. The van der Waals surface area contributed by atoms with E-state index in [0.29, 0.717) is 17.7 Å². The van der Waals surface area contributed by atoms with Gasteiger partial charge in [-0.3, -0.25) is 14.4 Å². The van der Waals surface area contributed by atoms with Gasteiger partial charge in [0.15, 0.2) is 0 Å². The summed E-state index contributed by atoms with van der Waals surface area (Å²) in [4.78, 5) is 35.6. The molecule has 0 spiro atoms. The van der Waals surface area contributed by atoms with Crippen LogP contribution in [0, 0.1) is 0 Å². The van der Waals surface area contributed by atoms with Gasteiger partial charge in [0.1, 0.15) is 6.04 Å². The van der Waals surface area contributed by atoms with Crippen LogP contribution in [-0.2, 0) is 21.4 Å². The number of nitrogens with two attached hydrogens (primary N) is 1. The smallest absolute Gasteiger partial charge is 0.252 e. The van der Waals surface area contributed by atoms with Gasteiger partial charge in [-0.25, -0.2) is 0 Å². The summed E-state index contributed by atoms with van der Waals surface area (Å²) in [6.07, 6.45) is 0.302. The number of primary amides is 1. The van der Waals surface area contributed by atoms with Crippen LogP contribution in [0.2, 0.25) is 0 Å². The number of amides is 3. The molecule has 0 aromatic heterocycles. The minimum atomic E-state index is -0.836. The van der Waals surface area contributed by atoms with Crippen LogP contribution in [0.1, 0.15) is 49.2 Å². The number of nitrogens with one attached hydrogen (secondary N) is 2. The van der Waals surface area contributed by atoms with E-state index in [2.05, 4.69) is 31.4 Å². The Hall–Kier alpha value is -3.15. The Bertz CT molecular complexity index is 867. The zero-order valence-corrected chi connectivity index (χ0v) is 16.7. The molecule has 0 bridgehead atoms. The van der Waals surface area contributed by atoms with Crippen LogP contribution in [0.15, 0.2) is 48.5 Å². The lowest BCUT2D eigenvalue weighted by Crippen LogP contribution is -2.45. The fourth-order valence-corrected chi connectivity index (χ4v) is 2.78. The first-order valence-electron chi connectivity index (χ1n) is 9.13. The maximum atomic E-state index is 12.5. The van der Waals surface area contributed by atoms with Crippen molar-refractivity contribution < 1.29 is 14.4 Å². The zero-order valence-electron chi connectivity index (χ0n) is 16.7. The molecule has 0 saturated heterocycles. The Labute approximate surface area is 165 Å². The van der Waals surface area contributed by atoms with E-state index in [-0.39, 0.29) is 11.3 Å². The molecule has 2 rings (SSSR count). The first-order chi connectivity index (χ1) is 13.1. The summed E-state index contributed by atoms with van der Waals surface area (Å²) < 4.78 is 0. The molecule has 6 heteroatoms. The summed E-state index contributed by atoms with van der Waals surface area (Å²) in [5.74, 6) is -1.26. The van der Waals surface area contributed by atoms with Gasteiger partial charge < -0.3 is 16.4 Å². The average molecular weight is 381 g/mol. The van der Waals surface area contributed by atoms with Crippen molar-refractivity contribution in [1.29, 1.82) is 0 Å². The van der Waals surface area contributed by atoms with Crippen molar-refractivity contribution in [2.45, 2.75) is 45.6 Å². The van der Waals surface area contributed by atoms with E-state index in [1.54, 1.807) is 24.3 Å². The third-order valence-corrected chi connectivity index (χ3v) is 4.35. The molecule has 28 heavy (non-hydrogen) atoms. The first-order valence-corrected chi connectivity index (χ1v) is 9.13. The molecule has 1 atom stereocenters. The largest absolute Gasteiger partial charge is 0.368 e. The number of rotatable bonds is 6. The Morgan fingerprint density at radius 2 is 1.68 bits per heavy atom. The van der Waals surface area contributed by atoms with Crippen molar-refractivity contribution in [3.8, 4) is 0 Å². The Kier molecular flexibility index (Phi) is 6.57.